The van der Waals surface area contributed by atoms with Crippen molar-refractivity contribution >= 4 is 27.3 Å². The predicted octanol–water partition coefficient (Wildman–Crippen LogP) is 3.75. The Morgan fingerprint density at radius 1 is 1.23 bits per heavy atom. The highest BCUT2D eigenvalue weighted by Gasteiger charge is 2.64. The smallest absolute Gasteiger partial charge is 0.463 e. The topological polar surface area (TPSA) is 132 Å². The molecular formula is C19H14F5N3O6S2. The van der Waals surface area contributed by atoms with E-state index in [0.717, 1.165) is 12.1 Å². The summed E-state index contributed by atoms with van der Waals surface area (Å²) < 4.78 is 101. The number of sulfonamides is 1. The van der Waals surface area contributed by atoms with Crippen LogP contribution in [0.5, 0.6) is 5.75 Å². The van der Waals surface area contributed by atoms with Crippen molar-refractivity contribution in [3.05, 3.63) is 47.9 Å². The second-order valence-corrected chi connectivity index (χ2v) is 10.5. The van der Waals surface area contributed by atoms with E-state index in [1.54, 1.807) is 24.3 Å². The van der Waals surface area contributed by atoms with Crippen LogP contribution in [-0.4, -0.2) is 48.5 Å². The van der Waals surface area contributed by atoms with Gasteiger partial charge in [-0.2, -0.15) is 31.7 Å². The van der Waals surface area contributed by atoms with Crippen LogP contribution in [-0.2, 0) is 20.7 Å². The first kappa shape index (κ1) is 25.0. The van der Waals surface area contributed by atoms with Crippen molar-refractivity contribution in [3.63, 3.8) is 0 Å². The first-order chi connectivity index (χ1) is 16.2. The summed E-state index contributed by atoms with van der Waals surface area (Å²) in [5.74, 6) is -9.89. The maximum atomic E-state index is 13.4. The lowest BCUT2D eigenvalue weighted by Gasteiger charge is -2.16. The second kappa shape index (κ2) is 8.23. The Labute approximate surface area is 197 Å². The van der Waals surface area contributed by atoms with Crippen molar-refractivity contribution in [2.75, 3.05) is 7.11 Å². The van der Waals surface area contributed by atoms with Crippen molar-refractivity contribution in [1.82, 2.24) is 14.9 Å². The lowest BCUT2D eigenvalue weighted by atomic mass is 10.1. The molecule has 0 aliphatic heterocycles. The molecule has 3 aromatic rings. The first-order valence-electron chi connectivity index (χ1n) is 9.52. The number of thiophene rings is 1. The summed E-state index contributed by atoms with van der Waals surface area (Å²) in [5.41, 5.74) is -1.39. The monoisotopic (exact) mass is 539 g/mol. The Kier molecular flexibility index (Phi) is 5.88. The molecule has 0 amide bonds. The fourth-order valence-electron chi connectivity index (χ4n) is 3.43. The van der Waals surface area contributed by atoms with Crippen LogP contribution in [0.2, 0.25) is 0 Å². The number of carbonyl (C=O) groups is 1. The van der Waals surface area contributed by atoms with Crippen LogP contribution in [0.25, 0.3) is 10.7 Å². The molecule has 9 nitrogen and oxygen atoms in total. The average Bonchev–Trinajstić information content (AvgIpc) is 3.13. The third-order valence-corrected chi connectivity index (χ3v) is 8.37. The van der Waals surface area contributed by atoms with Crippen LogP contribution in [0.3, 0.4) is 0 Å². The summed E-state index contributed by atoms with van der Waals surface area (Å²) in [6, 6.07) is 8.59. The summed E-state index contributed by atoms with van der Waals surface area (Å²) in [6.07, 6.45) is -6.04. The Balaban J connectivity index is 1.60. The molecule has 35 heavy (non-hydrogen) atoms. The zero-order valence-electron chi connectivity index (χ0n) is 17.3. The molecule has 2 aromatic heterocycles. The standard InChI is InChI=1S/C19H14F5N3O6S2/c1-32-11-5-3-2-4-9(11)10-8-17(10,16(28)29)27-35(30,31)13-7-6-12(34-13)14-25-15(33-26-14)18(20,21)19(22,23)24/h2-7,10,27H,8H2,1H3,(H,28,29)/t10-,17+/m1/s1. The van der Waals surface area contributed by atoms with Crippen molar-refractivity contribution < 1.29 is 49.5 Å². The largest absolute Gasteiger partial charge is 0.496 e. The Morgan fingerprint density at radius 2 is 1.91 bits per heavy atom. The fourth-order valence-corrected chi connectivity index (χ4v) is 6.07. The van der Waals surface area contributed by atoms with Crippen LogP contribution in [0.15, 0.2) is 45.1 Å². The van der Waals surface area contributed by atoms with E-state index in [0.29, 0.717) is 22.6 Å². The summed E-state index contributed by atoms with van der Waals surface area (Å²) in [6.45, 7) is 0. The summed E-state index contributed by atoms with van der Waals surface area (Å²) in [5, 5.41) is 12.8. The Hall–Kier alpha value is -3.11. The highest BCUT2D eigenvalue weighted by Crippen LogP contribution is 2.55. The van der Waals surface area contributed by atoms with Crippen LogP contribution in [0, 0.1) is 0 Å². The number of ether oxygens (including phenoxy) is 1. The van der Waals surface area contributed by atoms with Gasteiger partial charge in [-0.1, -0.05) is 23.4 Å². The minimum atomic E-state index is -5.97. The van der Waals surface area contributed by atoms with Gasteiger partial charge in [0.15, 0.2) is 0 Å². The number of halogens is 5. The fraction of sp³-hybridized carbons (Fsp3) is 0.316. The van der Waals surface area contributed by atoms with Crippen LogP contribution < -0.4 is 9.46 Å². The maximum Gasteiger partial charge on any atom is 0.463 e. The van der Waals surface area contributed by atoms with E-state index >= 15 is 0 Å². The number of carboxylic acids is 1. The highest BCUT2D eigenvalue weighted by molar-refractivity contribution is 7.91. The van der Waals surface area contributed by atoms with Gasteiger partial charge in [0, 0.05) is 5.92 Å². The Bertz CT molecular complexity index is 1390. The summed E-state index contributed by atoms with van der Waals surface area (Å²) >= 11 is 0.430. The number of alkyl halides is 5. The zero-order valence-corrected chi connectivity index (χ0v) is 19.0. The van der Waals surface area contributed by atoms with Crippen LogP contribution in [0.1, 0.15) is 23.8 Å². The van der Waals surface area contributed by atoms with E-state index in [4.69, 9.17) is 4.74 Å². The van der Waals surface area contributed by atoms with Gasteiger partial charge in [0.2, 0.25) is 5.82 Å². The number of para-hydroxylation sites is 1. The molecule has 0 unspecified atom stereocenters. The molecule has 1 fully saturated rings. The number of nitrogens with one attached hydrogen (secondary N) is 1. The van der Waals surface area contributed by atoms with E-state index in [-0.39, 0.29) is 11.3 Å². The molecule has 4 rings (SSSR count). The zero-order chi connectivity index (χ0) is 25.8. The first-order valence-corrected chi connectivity index (χ1v) is 11.8. The van der Waals surface area contributed by atoms with Crippen molar-refractivity contribution in [1.29, 1.82) is 0 Å². The number of methoxy groups -OCH3 is 1. The molecule has 2 N–H and O–H groups in total. The van der Waals surface area contributed by atoms with Crippen LogP contribution >= 0.6 is 11.3 Å². The number of aromatic nitrogens is 2. The maximum absolute atomic E-state index is 13.4. The molecule has 2 atom stereocenters. The van der Waals surface area contributed by atoms with Crippen LogP contribution in [0.4, 0.5) is 22.0 Å². The predicted molar refractivity (Wildman–Crippen MR) is 109 cm³/mol. The van der Waals surface area contributed by atoms with Gasteiger partial charge in [-0.15, -0.1) is 11.3 Å². The SMILES string of the molecule is COc1ccccc1[C@H]1C[C@@]1(NS(=O)(=O)c1ccc(-c2noc(C(F)(F)C(F)(F)F)n2)s1)C(=O)O. The third-order valence-electron chi connectivity index (χ3n) is 5.29. The molecular weight excluding hydrogens is 525 g/mol. The van der Waals surface area contributed by atoms with Gasteiger partial charge in [-0.05, 0) is 30.2 Å². The molecule has 1 aliphatic carbocycles. The Morgan fingerprint density at radius 3 is 2.54 bits per heavy atom. The van der Waals surface area contributed by atoms with Crippen molar-refractivity contribution in [2.24, 2.45) is 0 Å². The number of benzene rings is 1. The van der Waals surface area contributed by atoms with Gasteiger partial charge < -0.3 is 14.4 Å². The van der Waals surface area contributed by atoms with Gasteiger partial charge >= 0.3 is 24.0 Å². The second-order valence-electron chi connectivity index (χ2n) is 7.49. The number of rotatable bonds is 8. The van der Waals surface area contributed by atoms with E-state index < -0.39 is 55.5 Å². The molecule has 0 spiro atoms. The molecule has 0 saturated heterocycles. The lowest BCUT2D eigenvalue weighted by molar-refractivity contribution is -0.298. The average molecular weight is 539 g/mol. The molecule has 188 valence electrons. The molecule has 0 bridgehead atoms. The van der Waals surface area contributed by atoms with E-state index in [1.165, 1.54) is 7.11 Å². The molecule has 1 aromatic carbocycles. The van der Waals surface area contributed by atoms with Gasteiger partial charge in [-0.25, -0.2) is 8.42 Å². The van der Waals surface area contributed by atoms with Gasteiger partial charge in [-0.3, -0.25) is 4.79 Å². The number of aliphatic carboxylic acids is 1. The van der Waals surface area contributed by atoms with Gasteiger partial charge in [0.1, 0.15) is 15.5 Å². The molecule has 16 heteroatoms. The molecule has 1 aliphatic rings. The molecule has 2 heterocycles. The minimum absolute atomic E-state index is 0.0686. The number of hydrogen-bond acceptors (Lipinski definition) is 8. The summed E-state index contributed by atoms with van der Waals surface area (Å²) in [4.78, 5) is 14.9. The number of nitrogens with zero attached hydrogens (tertiary/aromatic N) is 2. The normalized spacial score (nSPS) is 20.6. The minimum Gasteiger partial charge on any atom is -0.496 e. The molecule has 0 radical (unpaired) electrons. The number of hydrogen-bond donors (Lipinski definition) is 2. The third kappa shape index (κ3) is 4.25. The number of carboxylic acid groups (broad SMARTS) is 1. The van der Waals surface area contributed by atoms with E-state index in [2.05, 4.69) is 19.4 Å². The highest BCUT2D eigenvalue weighted by atomic mass is 32.2. The van der Waals surface area contributed by atoms with Gasteiger partial charge in [0.25, 0.3) is 10.0 Å². The summed E-state index contributed by atoms with van der Waals surface area (Å²) in [7, 11) is -3.08. The lowest BCUT2D eigenvalue weighted by Crippen LogP contribution is -2.44. The van der Waals surface area contributed by atoms with Crippen molar-refractivity contribution in [2.45, 2.75) is 34.2 Å². The molecule has 1 saturated carbocycles. The van der Waals surface area contributed by atoms with Gasteiger partial charge in [0.05, 0.1) is 12.0 Å². The van der Waals surface area contributed by atoms with E-state index in [1.807, 2.05) is 0 Å². The quantitative estimate of drug-likeness (QED) is 0.414. The van der Waals surface area contributed by atoms with E-state index in [9.17, 15) is 40.3 Å². The van der Waals surface area contributed by atoms with Crippen molar-refractivity contribution in [3.8, 4) is 16.5 Å².